The second-order valence-corrected chi connectivity index (χ2v) is 4.59. The predicted octanol–water partition coefficient (Wildman–Crippen LogP) is 1.74. The van der Waals surface area contributed by atoms with Crippen LogP contribution in [0.4, 0.5) is 5.69 Å². The smallest absolute Gasteiger partial charge is 0.325 e. The van der Waals surface area contributed by atoms with Crippen LogP contribution >= 0.6 is 0 Å². The first-order valence-corrected chi connectivity index (χ1v) is 6.56. The molecular weight excluding hydrogens is 292 g/mol. The first kappa shape index (κ1) is 15.5. The van der Waals surface area contributed by atoms with Crippen molar-refractivity contribution < 1.29 is 24.4 Å². The normalized spacial score (nSPS) is 10.6. The fourth-order valence-electron chi connectivity index (χ4n) is 2.33. The van der Waals surface area contributed by atoms with Gasteiger partial charge in [-0.15, -0.1) is 0 Å². The van der Waals surface area contributed by atoms with Crippen LogP contribution in [0.1, 0.15) is 12.5 Å². The van der Waals surface area contributed by atoms with Gasteiger partial charge in [-0.2, -0.15) is 0 Å². The van der Waals surface area contributed by atoms with Crippen molar-refractivity contribution in [3.8, 4) is 0 Å². The molecule has 2 aromatic rings. The lowest BCUT2D eigenvalue weighted by molar-refractivity contribution is -0.383. The summed E-state index contributed by atoms with van der Waals surface area (Å²) in [5.41, 5.74) is 0.536. The summed E-state index contributed by atoms with van der Waals surface area (Å²) in [4.78, 5) is 33.1. The van der Waals surface area contributed by atoms with E-state index in [0.717, 1.165) is 0 Å². The zero-order valence-corrected chi connectivity index (χ0v) is 11.8. The van der Waals surface area contributed by atoms with Gasteiger partial charge in [0, 0.05) is 0 Å². The van der Waals surface area contributed by atoms with E-state index in [1.165, 1.54) is 16.8 Å². The molecule has 0 radical (unpaired) electrons. The molecule has 0 aliphatic rings. The third-order valence-electron chi connectivity index (χ3n) is 3.12. The first-order chi connectivity index (χ1) is 10.4. The number of carbonyl (C=O) groups is 2. The second-order valence-electron chi connectivity index (χ2n) is 4.59. The molecule has 0 unspecified atom stereocenters. The quantitative estimate of drug-likeness (QED) is 0.494. The maximum Gasteiger partial charge on any atom is 0.325 e. The predicted molar refractivity (Wildman–Crippen MR) is 76.6 cm³/mol. The maximum absolute atomic E-state index is 11.6. The SMILES string of the molecule is CCOC(=O)Cn1cc([N+](=O)[O-])c2c(CC(=O)O)cccc21. The number of hydrogen-bond donors (Lipinski definition) is 1. The maximum atomic E-state index is 11.6. The van der Waals surface area contributed by atoms with Gasteiger partial charge in [-0.05, 0) is 18.6 Å². The molecule has 0 aliphatic heterocycles. The summed E-state index contributed by atoms with van der Waals surface area (Å²) in [6.07, 6.45) is 0.897. The molecule has 116 valence electrons. The average molecular weight is 306 g/mol. The number of esters is 1. The van der Waals surface area contributed by atoms with E-state index in [4.69, 9.17) is 9.84 Å². The average Bonchev–Trinajstić information content (AvgIpc) is 2.79. The second kappa shape index (κ2) is 6.25. The molecule has 0 fully saturated rings. The number of benzene rings is 1. The molecule has 1 N–H and O–H groups in total. The van der Waals surface area contributed by atoms with Crippen molar-refractivity contribution in [2.24, 2.45) is 0 Å². The Balaban J connectivity index is 2.58. The molecule has 1 aromatic carbocycles. The van der Waals surface area contributed by atoms with Gasteiger partial charge in [0.05, 0.1) is 35.1 Å². The molecule has 0 spiro atoms. The zero-order chi connectivity index (χ0) is 16.3. The van der Waals surface area contributed by atoms with E-state index in [9.17, 15) is 19.7 Å². The zero-order valence-electron chi connectivity index (χ0n) is 11.8. The van der Waals surface area contributed by atoms with E-state index >= 15 is 0 Å². The monoisotopic (exact) mass is 306 g/mol. The van der Waals surface area contributed by atoms with Crippen LogP contribution in [0, 0.1) is 10.1 Å². The Labute approximate surface area is 125 Å². The number of fused-ring (bicyclic) bond motifs is 1. The van der Waals surface area contributed by atoms with E-state index in [1.54, 1.807) is 19.1 Å². The highest BCUT2D eigenvalue weighted by Gasteiger charge is 2.22. The van der Waals surface area contributed by atoms with Gasteiger partial charge in [-0.25, -0.2) is 0 Å². The summed E-state index contributed by atoms with van der Waals surface area (Å²) in [7, 11) is 0. The molecule has 0 bridgehead atoms. The summed E-state index contributed by atoms with van der Waals surface area (Å²) in [6, 6.07) is 4.73. The van der Waals surface area contributed by atoms with Crippen LogP contribution in [-0.4, -0.2) is 33.1 Å². The number of nitrogens with zero attached hydrogens (tertiary/aromatic N) is 2. The van der Waals surface area contributed by atoms with Crippen LogP contribution in [0.25, 0.3) is 10.9 Å². The van der Waals surface area contributed by atoms with Crippen LogP contribution in [0.5, 0.6) is 0 Å². The molecule has 8 nitrogen and oxygen atoms in total. The van der Waals surface area contributed by atoms with Crippen LogP contribution in [-0.2, 0) is 27.3 Å². The lowest BCUT2D eigenvalue weighted by atomic mass is 10.1. The van der Waals surface area contributed by atoms with Gasteiger partial charge in [0.2, 0.25) is 0 Å². The first-order valence-electron chi connectivity index (χ1n) is 6.56. The number of carboxylic acid groups (broad SMARTS) is 1. The van der Waals surface area contributed by atoms with E-state index in [0.29, 0.717) is 11.1 Å². The van der Waals surface area contributed by atoms with Gasteiger partial charge in [-0.3, -0.25) is 19.7 Å². The van der Waals surface area contributed by atoms with Crippen molar-refractivity contribution in [1.82, 2.24) is 4.57 Å². The van der Waals surface area contributed by atoms with Crippen molar-refractivity contribution >= 4 is 28.5 Å². The number of aromatic nitrogens is 1. The third-order valence-corrected chi connectivity index (χ3v) is 3.12. The number of rotatable bonds is 6. The molecular formula is C14H14N2O6. The van der Waals surface area contributed by atoms with E-state index in [1.807, 2.05) is 0 Å². The highest BCUT2D eigenvalue weighted by atomic mass is 16.6. The highest BCUT2D eigenvalue weighted by molar-refractivity contribution is 5.95. The number of carboxylic acids is 1. The van der Waals surface area contributed by atoms with Crippen molar-refractivity contribution in [3.05, 3.63) is 40.1 Å². The molecule has 8 heteroatoms. The van der Waals surface area contributed by atoms with E-state index < -0.39 is 16.9 Å². The Morgan fingerprint density at radius 3 is 2.73 bits per heavy atom. The molecule has 1 heterocycles. The summed E-state index contributed by atoms with van der Waals surface area (Å²) < 4.78 is 6.24. The Kier molecular flexibility index (Phi) is 4.40. The molecule has 1 aromatic heterocycles. The van der Waals surface area contributed by atoms with Crippen LogP contribution in [0.3, 0.4) is 0 Å². The molecule has 0 saturated carbocycles. The fraction of sp³-hybridized carbons (Fsp3) is 0.286. The molecule has 0 saturated heterocycles. The van der Waals surface area contributed by atoms with Gasteiger partial charge in [0.1, 0.15) is 6.54 Å². The number of nitro groups is 1. The van der Waals surface area contributed by atoms with Gasteiger partial charge >= 0.3 is 11.9 Å². The number of hydrogen-bond acceptors (Lipinski definition) is 5. The van der Waals surface area contributed by atoms with Gasteiger partial charge < -0.3 is 14.4 Å². The Morgan fingerprint density at radius 2 is 2.14 bits per heavy atom. The van der Waals surface area contributed by atoms with Crippen molar-refractivity contribution in [2.75, 3.05) is 6.61 Å². The Hall–Kier alpha value is -2.90. The number of ether oxygens (including phenoxy) is 1. The molecule has 22 heavy (non-hydrogen) atoms. The summed E-state index contributed by atoms with van der Waals surface area (Å²) in [5, 5.41) is 20.4. The Bertz CT molecular complexity index is 749. The lowest BCUT2D eigenvalue weighted by Gasteiger charge is -2.05. The van der Waals surface area contributed by atoms with Crippen molar-refractivity contribution in [2.45, 2.75) is 19.9 Å². The lowest BCUT2D eigenvalue weighted by Crippen LogP contribution is -2.12. The number of carbonyl (C=O) groups excluding carboxylic acids is 1. The van der Waals surface area contributed by atoms with Crippen LogP contribution in [0.15, 0.2) is 24.4 Å². The summed E-state index contributed by atoms with van der Waals surface area (Å²) in [5.74, 6) is -1.60. The molecule has 0 amide bonds. The topological polar surface area (TPSA) is 112 Å². The number of aliphatic carboxylic acids is 1. The molecule has 0 aliphatic carbocycles. The summed E-state index contributed by atoms with van der Waals surface area (Å²) in [6.45, 7) is 1.71. The standard InChI is InChI=1S/C14H14N2O6/c1-2-22-13(19)8-15-7-11(16(20)21)14-9(6-12(17)18)4-3-5-10(14)15/h3-5,7H,2,6,8H2,1H3,(H,17,18). The molecule has 0 atom stereocenters. The largest absolute Gasteiger partial charge is 0.481 e. The van der Waals surface area contributed by atoms with Crippen molar-refractivity contribution in [3.63, 3.8) is 0 Å². The minimum Gasteiger partial charge on any atom is -0.481 e. The van der Waals surface area contributed by atoms with E-state index in [2.05, 4.69) is 0 Å². The Morgan fingerprint density at radius 1 is 1.41 bits per heavy atom. The van der Waals surface area contributed by atoms with Crippen LogP contribution < -0.4 is 0 Å². The van der Waals surface area contributed by atoms with E-state index in [-0.39, 0.29) is 30.6 Å². The fourth-order valence-corrected chi connectivity index (χ4v) is 2.33. The highest BCUT2D eigenvalue weighted by Crippen LogP contribution is 2.31. The van der Waals surface area contributed by atoms with Gasteiger partial charge in [0.25, 0.3) is 5.69 Å². The van der Waals surface area contributed by atoms with Gasteiger partial charge in [0.15, 0.2) is 0 Å². The van der Waals surface area contributed by atoms with Gasteiger partial charge in [-0.1, -0.05) is 12.1 Å². The van der Waals surface area contributed by atoms with Crippen LogP contribution in [0.2, 0.25) is 0 Å². The minimum atomic E-state index is -1.08. The minimum absolute atomic E-state index is 0.172. The molecule has 2 rings (SSSR count). The van der Waals surface area contributed by atoms with Crippen molar-refractivity contribution in [1.29, 1.82) is 0 Å². The summed E-state index contributed by atoms with van der Waals surface area (Å²) >= 11 is 0. The third kappa shape index (κ3) is 3.05.